The minimum atomic E-state index is -0.509. The maximum atomic E-state index is 12.0. The van der Waals surface area contributed by atoms with E-state index >= 15 is 0 Å². The summed E-state index contributed by atoms with van der Waals surface area (Å²) in [7, 11) is 1.95. The van der Waals surface area contributed by atoms with Gasteiger partial charge in [-0.2, -0.15) is 5.10 Å². The molecule has 0 saturated heterocycles. The van der Waals surface area contributed by atoms with Crippen molar-refractivity contribution >= 4 is 23.1 Å². The number of benzene rings is 1. The number of nitrogens with one attached hydrogen (secondary N) is 2. The highest BCUT2D eigenvalue weighted by atomic mass is 16.6. The molecule has 2 amide bonds. The van der Waals surface area contributed by atoms with Crippen molar-refractivity contribution in [2.45, 2.75) is 13.5 Å². The number of nitro groups is 1. The van der Waals surface area contributed by atoms with Crippen LogP contribution in [0.5, 0.6) is 0 Å². The van der Waals surface area contributed by atoms with Crippen LogP contribution in [0.3, 0.4) is 0 Å². The van der Waals surface area contributed by atoms with E-state index in [2.05, 4.69) is 15.7 Å². The van der Waals surface area contributed by atoms with Gasteiger partial charge in [-0.3, -0.25) is 14.8 Å². The number of hydrogen-bond acceptors (Lipinski definition) is 5. The molecule has 0 fully saturated rings. The van der Waals surface area contributed by atoms with Gasteiger partial charge >= 0.3 is 11.7 Å². The molecule has 2 N–H and O–H groups in total. The fraction of sp³-hybridized carbons (Fsp3) is 0.333. The maximum absolute atomic E-state index is 12.0. The molecular weight excluding hydrogens is 312 g/mol. The Hall–Kier alpha value is -3.10. The number of hydrogen-bond donors (Lipinski definition) is 2. The van der Waals surface area contributed by atoms with Gasteiger partial charge in [-0.25, -0.2) is 4.79 Å². The van der Waals surface area contributed by atoms with Crippen LogP contribution in [-0.2, 0) is 6.54 Å². The fourth-order valence-corrected chi connectivity index (χ4v) is 2.10. The van der Waals surface area contributed by atoms with Gasteiger partial charge in [0, 0.05) is 20.1 Å². The summed E-state index contributed by atoms with van der Waals surface area (Å²) in [6.45, 7) is 3.49. The van der Waals surface area contributed by atoms with Gasteiger partial charge < -0.3 is 15.5 Å². The normalized spacial score (nSPS) is 10.2. The smallest absolute Gasteiger partial charge is 0.319 e. The Balaban J connectivity index is 1.86. The van der Waals surface area contributed by atoms with E-state index in [0.717, 1.165) is 12.2 Å². The first kappa shape index (κ1) is 17.3. The van der Waals surface area contributed by atoms with Crippen LogP contribution in [-0.4, -0.2) is 40.9 Å². The monoisotopic (exact) mass is 332 g/mol. The Bertz CT molecular complexity index is 715. The van der Waals surface area contributed by atoms with E-state index in [-0.39, 0.29) is 11.7 Å². The highest BCUT2D eigenvalue weighted by Crippen LogP contribution is 2.24. The summed E-state index contributed by atoms with van der Waals surface area (Å²) in [6, 6.07) is 7.19. The highest BCUT2D eigenvalue weighted by molar-refractivity contribution is 5.93. The topological polar surface area (TPSA) is 105 Å². The van der Waals surface area contributed by atoms with E-state index in [1.165, 1.54) is 17.1 Å². The second kappa shape index (κ2) is 7.95. The molecule has 1 heterocycles. The first-order valence-corrected chi connectivity index (χ1v) is 7.53. The molecule has 1 aromatic heterocycles. The second-order valence-corrected chi connectivity index (χ2v) is 5.13. The van der Waals surface area contributed by atoms with E-state index in [4.69, 9.17) is 0 Å². The Labute approximate surface area is 139 Å². The summed E-state index contributed by atoms with van der Waals surface area (Å²) < 4.78 is 1.41. The second-order valence-electron chi connectivity index (χ2n) is 5.13. The van der Waals surface area contributed by atoms with Crippen LogP contribution in [0.1, 0.15) is 6.92 Å². The van der Waals surface area contributed by atoms with Crippen molar-refractivity contribution in [2.75, 3.05) is 30.4 Å². The number of amides is 2. The molecule has 0 spiro atoms. The third-order valence-electron chi connectivity index (χ3n) is 3.49. The molecular formula is C15H20N6O3. The number of rotatable bonds is 7. The van der Waals surface area contributed by atoms with Crippen molar-refractivity contribution in [2.24, 2.45) is 0 Å². The van der Waals surface area contributed by atoms with Crippen LogP contribution in [0.2, 0.25) is 0 Å². The molecule has 0 aliphatic rings. The van der Waals surface area contributed by atoms with Gasteiger partial charge in [0.1, 0.15) is 12.4 Å². The Morgan fingerprint density at radius 3 is 2.83 bits per heavy atom. The number of nitrogens with zero attached hydrogens (tertiary/aromatic N) is 4. The average Bonchev–Trinajstić information content (AvgIpc) is 3.04. The van der Waals surface area contributed by atoms with Crippen LogP contribution < -0.4 is 15.5 Å². The minimum absolute atomic E-state index is 0.0732. The van der Waals surface area contributed by atoms with E-state index in [0.29, 0.717) is 18.8 Å². The van der Waals surface area contributed by atoms with E-state index in [1.54, 1.807) is 0 Å². The number of carbonyl (C=O) groups is 1. The molecule has 0 aliphatic heterocycles. The molecule has 2 aromatic rings. The molecule has 0 aliphatic carbocycles. The summed E-state index contributed by atoms with van der Waals surface area (Å²) in [4.78, 5) is 24.1. The van der Waals surface area contributed by atoms with Gasteiger partial charge in [-0.05, 0) is 19.1 Å². The number of para-hydroxylation sites is 2. The summed E-state index contributed by atoms with van der Waals surface area (Å²) in [5.74, 6) is 0. The molecule has 0 bridgehead atoms. The Morgan fingerprint density at radius 2 is 2.17 bits per heavy atom. The molecule has 9 heteroatoms. The fourth-order valence-electron chi connectivity index (χ4n) is 2.10. The van der Waals surface area contributed by atoms with Crippen LogP contribution in [0.4, 0.5) is 21.9 Å². The molecule has 2 rings (SSSR count). The van der Waals surface area contributed by atoms with Crippen LogP contribution >= 0.6 is 0 Å². The van der Waals surface area contributed by atoms with Gasteiger partial charge in [0.15, 0.2) is 0 Å². The Morgan fingerprint density at radius 1 is 1.42 bits per heavy atom. The van der Waals surface area contributed by atoms with E-state index in [1.807, 2.05) is 43.1 Å². The van der Waals surface area contributed by atoms with Gasteiger partial charge in [0.05, 0.1) is 22.8 Å². The maximum Gasteiger partial charge on any atom is 0.319 e. The van der Waals surface area contributed by atoms with E-state index in [9.17, 15) is 14.9 Å². The highest BCUT2D eigenvalue weighted by Gasteiger charge is 2.10. The van der Waals surface area contributed by atoms with Crippen LogP contribution in [0.15, 0.2) is 36.7 Å². The summed E-state index contributed by atoms with van der Waals surface area (Å²) >= 11 is 0. The van der Waals surface area contributed by atoms with Gasteiger partial charge in [0.2, 0.25) is 0 Å². The zero-order chi connectivity index (χ0) is 17.5. The van der Waals surface area contributed by atoms with E-state index < -0.39 is 4.92 Å². The number of urea groups is 1. The van der Waals surface area contributed by atoms with Crippen LogP contribution in [0.25, 0.3) is 0 Å². The first-order chi connectivity index (χ1) is 11.5. The third-order valence-corrected chi connectivity index (χ3v) is 3.49. The van der Waals surface area contributed by atoms with Crippen LogP contribution in [0, 0.1) is 10.1 Å². The number of aromatic nitrogens is 2. The lowest BCUT2D eigenvalue weighted by atomic mass is 10.2. The molecule has 128 valence electrons. The SMILES string of the molecule is CCN(C)c1ccccc1NC(=O)NCCn1cc([N+](=O)[O-])cn1. The van der Waals surface area contributed by atoms with Crippen molar-refractivity contribution in [3.63, 3.8) is 0 Å². The Kier molecular flexibility index (Phi) is 5.72. The lowest BCUT2D eigenvalue weighted by molar-refractivity contribution is -0.385. The quantitative estimate of drug-likeness (QED) is 0.596. The summed E-state index contributed by atoms with van der Waals surface area (Å²) in [6.07, 6.45) is 2.50. The standard InChI is InChI=1S/C15H20N6O3/c1-3-19(2)14-7-5-4-6-13(14)18-15(22)16-8-9-20-11-12(10-17-20)21(23)24/h4-7,10-11H,3,8-9H2,1-2H3,(H2,16,18,22). The third kappa shape index (κ3) is 4.45. The van der Waals surface area contributed by atoms with Gasteiger partial charge in [-0.1, -0.05) is 12.1 Å². The van der Waals surface area contributed by atoms with Crippen molar-refractivity contribution in [3.8, 4) is 0 Å². The van der Waals surface area contributed by atoms with Crippen molar-refractivity contribution < 1.29 is 9.72 Å². The number of carbonyl (C=O) groups excluding carboxylic acids is 1. The molecule has 9 nitrogen and oxygen atoms in total. The summed E-state index contributed by atoms with van der Waals surface area (Å²) in [5.41, 5.74) is 1.57. The predicted octanol–water partition coefficient (Wildman–Crippen LogP) is 2.07. The van der Waals surface area contributed by atoms with Crippen molar-refractivity contribution in [3.05, 3.63) is 46.8 Å². The molecule has 24 heavy (non-hydrogen) atoms. The molecule has 1 aromatic carbocycles. The van der Waals surface area contributed by atoms with Gasteiger partial charge in [-0.15, -0.1) is 0 Å². The number of anilines is 2. The van der Waals surface area contributed by atoms with Gasteiger partial charge in [0.25, 0.3) is 0 Å². The lowest BCUT2D eigenvalue weighted by Gasteiger charge is -2.20. The minimum Gasteiger partial charge on any atom is -0.373 e. The van der Waals surface area contributed by atoms with Crippen molar-refractivity contribution in [1.82, 2.24) is 15.1 Å². The van der Waals surface area contributed by atoms with Crippen molar-refractivity contribution in [1.29, 1.82) is 0 Å². The molecule has 0 unspecified atom stereocenters. The molecule has 0 radical (unpaired) electrons. The zero-order valence-electron chi connectivity index (χ0n) is 13.6. The summed E-state index contributed by atoms with van der Waals surface area (Å²) in [5, 5.41) is 20.0. The largest absolute Gasteiger partial charge is 0.373 e. The molecule has 0 saturated carbocycles. The zero-order valence-corrected chi connectivity index (χ0v) is 13.6. The molecule has 0 atom stereocenters. The predicted molar refractivity (Wildman–Crippen MR) is 91.3 cm³/mol. The first-order valence-electron chi connectivity index (χ1n) is 7.53. The lowest BCUT2D eigenvalue weighted by Crippen LogP contribution is -2.32. The average molecular weight is 332 g/mol.